The molecule has 4 heterocycles. The lowest BCUT2D eigenvalue weighted by atomic mass is 9.86. The van der Waals surface area contributed by atoms with Crippen molar-refractivity contribution >= 4 is 21.3 Å². The van der Waals surface area contributed by atoms with Gasteiger partial charge in [0.15, 0.2) is 21.3 Å². The molecule has 0 amide bonds. The summed E-state index contributed by atoms with van der Waals surface area (Å²) in [7, 11) is -3.03. The van der Waals surface area contributed by atoms with E-state index in [9.17, 15) is 13.2 Å². The van der Waals surface area contributed by atoms with Crippen molar-refractivity contribution in [3.05, 3.63) is 30.2 Å². The van der Waals surface area contributed by atoms with Crippen LogP contribution in [0.15, 0.2) is 24.5 Å². The van der Waals surface area contributed by atoms with Gasteiger partial charge in [0.25, 0.3) is 0 Å². The summed E-state index contributed by atoms with van der Waals surface area (Å²) in [5, 5.41) is 3.48. The summed E-state index contributed by atoms with van der Waals surface area (Å²) in [4.78, 5) is 17.0. The highest BCUT2D eigenvalue weighted by Crippen LogP contribution is 2.40. The first-order chi connectivity index (χ1) is 10.6. The molecule has 0 aromatic carbocycles. The lowest BCUT2D eigenvalue weighted by Gasteiger charge is -2.37. The maximum absolute atomic E-state index is 12.8. The number of imidazole rings is 1. The van der Waals surface area contributed by atoms with Crippen LogP contribution in [-0.4, -0.2) is 39.3 Å². The molecule has 2 aromatic rings. The average molecular weight is 319 g/mol. The van der Waals surface area contributed by atoms with Crippen LogP contribution in [0.3, 0.4) is 0 Å². The van der Waals surface area contributed by atoms with Crippen molar-refractivity contribution in [1.29, 1.82) is 0 Å². The van der Waals surface area contributed by atoms with Crippen molar-refractivity contribution in [2.75, 3.05) is 0 Å². The van der Waals surface area contributed by atoms with Gasteiger partial charge in [0.2, 0.25) is 0 Å². The Hall–Kier alpha value is -1.76. The van der Waals surface area contributed by atoms with Crippen molar-refractivity contribution < 1.29 is 13.2 Å². The minimum absolute atomic E-state index is 0.0296. The lowest BCUT2D eigenvalue weighted by Crippen LogP contribution is -2.45. The van der Waals surface area contributed by atoms with E-state index in [0.29, 0.717) is 37.0 Å². The van der Waals surface area contributed by atoms with Crippen LogP contribution in [0.5, 0.6) is 0 Å². The highest BCUT2D eigenvalue weighted by atomic mass is 32.2. The zero-order valence-corrected chi connectivity index (χ0v) is 12.9. The molecule has 2 atom stereocenters. The third-order valence-corrected chi connectivity index (χ3v) is 7.69. The molecule has 22 heavy (non-hydrogen) atoms. The Labute approximate surface area is 128 Å². The number of hydrogen-bond acceptors (Lipinski definition) is 5. The average Bonchev–Trinajstić information content (AvgIpc) is 2.89. The second-order valence-corrected chi connectivity index (χ2v) is 8.75. The first-order valence-corrected chi connectivity index (χ1v) is 9.24. The van der Waals surface area contributed by atoms with E-state index in [2.05, 4.69) is 10.1 Å². The van der Waals surface area contributed by atoms with Crippen LogP contribution in [0.4, 0.5) is 0 Å². The molecule has 2 bridgehead atoms. The van der Waals surface area contributed by atoms with Gasteiger partial charge >= 0.3 is 0 Å². The molecular weight excluding hydrogens is 302 g/mol. The largest absolute Gasteiger partial charge is 0.292 e. The highest BCUT2D eigenvalue weighted by Gasteiger charge is 2.46. The van der Waals surface area contributed by atoms with Crippen LogP contribution >= 0.6 is 0 Å². The number of fused-ring (bicyclic) bond motifs is 3. The molecule has 0 N–H and O–H groups in total. The van der Waals surface area contributed by atoms with Crippen molar-refractivity contribution in [1.82, 2.24) is 14.6 Å². The number of aromatic nitrogens is 3. The van der Waals surface area contributed by atoms with Crippen molar-refractivity contribution in [2.45, 2.75) is 42.6 Å². The second kappa shape index (κ2) is 4.87. The van der Waals surface area contributed by atoms with Crippen LogP contribution in [0.2, 0.25) is 0 Å². The van der Waals surface area contributed by atoms with E-state index in [-0.39, 0.29) is 22.2 Å². The van der Waals surface area contributed by atoms with Crippen LogP contribution in [0.25, 0.3) is 5.65 Å². The molecular formula is C15H17N3O3S. The summed E-state index contributed by atoms with van der Waals surface area (Å²) < 4.78 is 26.2. The third-order valence-electron chi connectivity index (χ3n) is 4.98. The fourth-order valence-electron chi connectivity index (χ4n) is 3.83. The molecule has 116 valence electrons. The predicted molar refractivity (Wildman–Crippen MR) is 80.4 cm³/mol. The van der Waals surface area contributed by atoms with Gasteiger partial charge in [0, 0.05) is 12.1 Å². The van der Waals surface area contributed by atoms with E-state index in [1.54, 1.807) is 29.0 Å². The summed E-state index contributed by atoms with van der Waals surface area (Å²) in [5.41, 5.74) is 1.09. The van der Waals surface area contributed by atoms with Crippen LogP contribution in [-0.2, 0) is 9.84 Å². The number of Topliss-reactive ketones (excluding diaryl/α,β-unsaturated/α-hetero) is 1. The molecule has 7 heteroatoms. The zero-order valence-electron chi connectivity index (χ0n) is 12.1. The Kier molecular flexibility index (Phi) is 3.07. The first-order valence-electron chi connectivity index (χ1n) is 7.63. The Morgan fingerprint density at radius 3 is 2.68 bits per heavy atom. The van der Waals surface area contributed by atoms with Crippen molar-refractivity contribution in [2.24, 2.45) is 5.92 Å². The minimum Gasteiger partial charge on any atom is -0.292 e. The number of sulfone groups is 1. The summed E-state index contributed by atoms with van der Waals surface area (Å²) >= 11 is 0. The van der Waals surface area contributed by atoms with E-state index in [1.807, 2.05) is 0 Å². The maximum atomic E-state index is 12.8. The molecule has 2 aromatic heterocycles. The number of ketones is 1. The van der Waals surface area contributed by atoms with Gasteiger partial charge < -0.3 is 0 Å². The summed E-state index contributed by atoms with van der Waals surface area (Å²) in [5.74, 6) is -0.265. The smallest absolute Gasteiger partial charge is 0.186 e. The molecule has 0 radical (unpaired) electrons. The highest BCUT2D eigenvalue weighted by molar-refractivity contribution is 7.92. The van der Waals surface area contributed by atoms with Gasteiger partial charge in [-0.1, -0.05) is 6.42 Å². The molecule has 6 nitrogen and oxygen atoms in total. The molecule has 0 spiro atoms. The van der Waals surface area contributed by atoms with Crippen molar-refractivity contribution in [3.8, 4) is 0 Å². The predicted octanol–water partition coefficient (Wildman–Crippen LogP) is 1.66. The van der Waals surface area contributed by atoms with E-state index >= 15 is 0 Å². The molecule has 2 aliphatic heterocycles. The Morgan fingerprint density at radius 2 is 1.95 bits per heavy atom. The maximum Gasteiger partial charge on any atom is 0.186 e. The van der Waals surface area contributed by atoms with Gasteiger partial charge in [-0.2, -0.15) is 5.10 Å². The topological polar surface area (TPSA) is 81.4 Å². The molecule has 2 unspecified atom stereocenters. The molecule has 0 aliphatic carbocycles. The Balaban J connectivity index is 1.67. The number of carbonyl (C=O) groups is 1. The molecule has 2 saturated heterocycles. The third kappa shape index (κ3) is 1.99. The number of rotatable bonds is 2. The van der Waals surface area contributed by atoms with E-state index in [4.69, 9.17) is 0 Å². The van der Waals surface area contributed by atoms with Gasteiger partial charge in [-0.15, -0.1) is 0 Å². The van der Waals surface area contributed by atoms with Crippen molar-refractivity contribution in [3.63, 3.8) is 0 Å². The summed E-state index contributed by atoms with van der Waals surface area (Å²) in [6, 6.07) is 3.57. The number of hydrogen-bond donors (Lipinski definition) is 0. The minimum atomic E-state index is -3.03. The van der Waals surface area contributed by atoms with Gasteiger partial charge in [-0.05, 0) is 37.8 Å². The standard InChI is InChI=1S/C15H17N3O3S/c19-15(13-9-16-14-5-2-6-17-18(13)14)10-7-11-3-1-4-12(8-10)22(11,20)21/h2,5-6,9-12H,1,3-4,7-8H2. The molecule has 0 saturated carbocycles. The van der Waals surface area contributed by atoms with Crippen LogP contribution < -0.4 is 0 Å². The molecule has 4 rings (SSSR count). The molecule has 2 fully saturated rings. The first kappa shape index (κ1) is 13.9. The second-order valence-electron chi connectivity index (χ2n) is 6.23. The van der Waals surface area contributed by atoms with E-state index in [1.165, 1.54) is 0 Å². The fraction of sp³-hybridized carbons (Fsp3) is 0.533. The summed E-state index contributed by atoms with van der Waals surface area (Å²) in [6.45, 7) is 0. The SMILES string of the molecule is O=C(c1cnc2cccnn12)C1CC2CCCC(C1)S2(=O)=O. The Morgan fingerprint density at radius 1 is 1.23 bits per heavy atom. The lowest BCUT2D eigenvalue weighted by molar-refractivity contribution is 0.0886. The van der Waals surface area contributed by atoms with E-state index < -0.39 is 9.84 Å². The van der Waals surface area contributed by atoms with Gasteiger partial charge in [0.1, 0.15) is 5.69 Å². The Bertz CT molecular complexity index is 823. The van der Waals surface area contributed by atoms with Crippen LogP contribution in [0.1, 0.15) is 42.6 Å². The normalized spacial score (nSPS) is 30.3. The summed E-state index contributed by atoms with van der Waals surface area (Å²) in [6.07, 6.45) is 6.37. The van der Waals surface area contributed by atoms with Gasteiger partial charge in [0.05, 0.1) is 16.7 Å². The number of carbonyl (C=O) groups excluding carboxylic acids is 1. The van der Waals surface area contributed by atoms with E-state index in [0.717, 1.165) is 6.42 Å². The van der Waals surface area contributed by atoms with Gasteiger partial charge in [-0.25, -0.2) is 17.9 Å². The zero-order chi connectivity index (χ0) is 15.3. The fourth-order valence-corrected chi connectivity index (χ4v) is 6.37. The monoisotopic (exact) mass is 319 g/mol. The van der Waals surface area contributed by atoms with Crippen LogP contribution in [0, 0.1) is 5.92 Å². The number of nitrogens with zero attached hydrogens (tertiary/aromatic N) is 3. The molecule has 2 aliphatic rings. The van der Waals surface area contributed by atoms with Gasteiger partial charge in [-0.3, -0.25) is 4.79 Å². The quantitative estimate of drug-likeness (QED) is 0.786.